The Balaban J connectivity index is 2.52. The van der Waals surface area contributed by atoms with Crippen molar-refractivity contribution in [3.63, 3.8) is 0 Å². The lowest BCUT2D eigenvalue weighted by atomic mass is 10.2. The Bertz CT molecular complexity index is 390. The van der Waals surface area contributed by atoms with Gasteiger partial charge >= 0.3 is 0 Å². The number of nitrogens with one attached hydrogen (secondary N) is 1. The van der Waals surface area contributed by atoms with Gasteiger partial charge in [-0.15, -0.1) is 0 Å². The summed E-state index contributed by atoms with van der Waals surface area (Å²) in [5, 5.41) is 4.25. The molecular weight excluding hydrogens is 271 g/mol. The van der Waals surface area contributed by atoms with Gasteiger partial charge in [0.15, 0.2) is 0 Å². The number of carbonyl (C=O) groups excluding carboxylic acids is 1. The van der Waals surface area contributed by atoms with Crippen molar-refractivity contribution in [3.05, 3.63) is 33.8 Å². The van der Waals surface area contributed by atoms with Gasteiger partial charge in [-0.1, -0.05) is 30.1 Å². The molecule has 0 unspecified atom stereocenters. The third kappa shape index (κ3) is 5.25. The number of carbonyl (C=O) groups is 1. The normalized spacial score (nSPS) is 10.4. The van der Waals surface area contributed by atoms with Gasteiger partial charge in [0, 0.05) is 23.6 Å². The standard InChI is InChI=1S/C13H18Cl2N2O/c1-3-4-16-8-13(18)17(2)9-10-5-11(14)7-12(15)6-10/h5-7,16H,3-4,8-9H2,1-2H3. The molecule has 1 aromatic rings. The maximum Gasteiger partial charge on any atom is 0.236 e. The Kier molecular flexibility index (Phi) is 6.47. The molecular formula is C13H18Cl2N2O. The second-order valence-corrected chi connectivity index (χ2v) is 5.08. The van der Waals surface area contributed by atoms with Crippen LogP contribution >= 0.6 is 23.2 Å². The van der Waals surface area contributed by atoms with Crippen LogP contribution in [0.15, 0.2) is 18.2 Å². The molecule has 1 amide bonds. The highest BCUT2D eigenvalue weighted by Crippen LogP contribution is 2.19. The molecule has 0 aliphatic heterocycles. The van der Waals surface area contributed by atoms with Crippen LogP contribution < -0.4 is 5.32 Å². The molecule has 3 nitrogen and oxygen atoms in total. The van der Waals surface area contributed by atoms with E-state index in [0.29, 0.717) is 23.1 Å². The second kappa shape index (κ2) is 7.62. The minimum absolute atomic E-state index is 0.0551. The van der Waals surface area contributed by atoms with Crippen LogP contribution in [0, 0.1) is 0 Å². The van der Waals surface area contributed by atoms with Crippen molar-refractivity contribution in [2.45, 2.75) is 19.9 Å². The predicted octanol–water partition coefficient (Wildman–Crippen LogP) is 2.95. The number of benzene rings is 1. The minimum atomic E-state index is 0.0551. The second-order valence-electron chi connectivity index (χ2n) is 4.20. The van der Waals surface area contributed by atoms with Crippen LogP contribution in [0.4, 0.5) is 0 Å². The fourth-order valence-electron chi connectivity index (χ4n) is 1.57. The van der Waals surface area contributed by atoms with Crippen LogP contribution in [-0.2, 0) is 11.3 Å². The smallest absolute Gasteiger partial charge is 0.236 e. The highest BCUT2D eigenvalue weighted by atomic mass is 35.5. The van der Waals surface area contributed by atoms with E-state index in [1.54, 1.807) is 18.0 Å². The average Bonchev–Trinajstić information content (AvgIpc) is 2.27. The van der Waals surface area contributed by atoms with Crippen LogP contribution in [0.3, 0.4) is 0 Å². The van der Waals surface area contributed by atoms with E-state index >= 15 is 0 Å². The summed E-state index contributed by atoms with van der Waals surface area (Å²) in [6.07, 6.45) is 1.01. The number of amides is 1. The van der Waals surface area contributed by atoms with Gasteiger partial charge in [-0.3, -0.25) is 4.79 Å². The van der Waals surface area contributed by atoms with Crippen molar-refractivity contribution in [1.82, 2.24) is 10.2 Å². The highest BCUT2D eigenvalue weighted by Gasteiger charge is 2.09. The summed E-state index contributed by atoms with van der Waals surface area (Å²) in [6, 6.07) is 5.31. The molecule has 0 radical (unpaired) electrons. The maximum absolute atomic E-state index is 11.8. The molecule has 0 saturated carbocycles. The van der Waals surface area contributed by atoms with Crippen LogP contribution in [0.5, 0.6) is 0 Å². The Hall–Kier alpha value is -0.770. The molecule has 18 heavy (non-hydrogen) atoms. The Labute approximate surface area is 118 Å². The molecule has 0 heterocycles. The molecule has 0 bridgehead atoms. The molecule has 0 saturated heterocycles. The number of nitrogens with zero attached hydrogens (tertiary/aromatic N) is 1. The zero-order valence-electron chi connectivity index (χ0n) is 10.7. The summed E-state index contributed by atoms with van der Waals surface area (Å²) in [5.41, 5.74) is 0.929. The Morgan fingerprint density at radius 1 is 1.28 bits per heavy atom. The topological polar surface area (TPSA) is 32.3 Å². The molecule has 0 fully saturated rings. The van der Waals surface area contributed by atoms with E-state index in [0.717, 1.165) is 18.5 Å². The molecule has 100 valence electrons. The molecule has 0 aliphatic carbocycles. The lowest BCUT2D eigenvalue weighted by Gasteiger charge is -2.18. The molecule has 1 N–H and O–H groups in total. The van der Waals surface area contributed by atoms with Crippen LogP contribution in [-0.4, -0.2) is 30.9 Å². The first kappa shape index (κ1) is 15.3. The number of hydrogen-bond donors (Lipinski definition) is 1. The van der Waals surface area contributed by atoms with E-state index in [9.17, 15) is 4.79 Å². The minimum Gasteiger partial charge on any atom is -0.340 e. The maximum atomic E-state index is 11.8. The molecule has 5 heteroatoms. The Morgan fingerprint density at radius 2 is 1.89 bits per heavy atom. The fourth-order valence-corrected chi connectivity index (χ4v) is 2.14. The van der Waals surface area contributed by atoms with Crippen molar-refractivity contribution in [3.8, 4) is 0 Å². The summed E-state index contributed by atoms with van der Waals surface area (Å²) < 4.78 is 0. The molecule has 1 rings (SSSR count). The van der Waals surface area contributed by atoms with E-state index in [1.807, 2.05) is 12.1 Å². The van der Waals surface area contributed by atoms with Gasteiger partial charge in [0.2, 0.25) is 5.91 Å². The van der Waals surface area contributed by atoms with Gasteiger partial charge in [-0.05, 0) is 36.7 Å². The number of hydrogen-bond acceptors (Lipinski definition) is 2. The van der Waals surface area contributed by atoms with Crippen LogP contribution in [0.25, 0.3) is 0 Å². The molecule has 0 aliphatic rings. The van der Waals surface area contributed by atoms with Crippen LogP contribution in [0.1, 0.15) is 18.9 Å². The third-order valence-electron chi connectivity index (χ3n) is 2.47. The van der Waals surface area contributed by atoms with E-state index in [-0.39, 0.29) is 5.91 Å². The highest BCUT2D eigenvalue weighted by molar-refractivity contribution is 6.34. The average molecular weight is 289 g/mol. The summed E-state index contributed by atoms with van der Waals surface area (Å²) in [4.78, 5) is 13.4. The van der Waals surface area contributed by atoms with E-state index in [4.69, 9.17) is 23.2 Å². The van der Waals surface area contributed by atoms with Gasteiger partial charge in [-0.25, -0.2) is 0 Å². The Morgan fingerprint density at radius 3 is 2.44 bits per heavy atom. The number of halogens is 2. The predicted molar refractivity (Wildman–Crippen MR) is 76.1 cm³/mol. The van der Waals surface area contributed by atoms with E-state index in [2.05, 4.69) is 12.2 Å². The lowest BCUT2D eigenvalue weighted by Crippen LogP contribution is -2.35. The number of likely N-dealkylation sites (N-methyl/N-ethyl adjacent to an activating group) is 1. The summed E-state index contributed by atoms with van der Waals surface area (Å²) >= 11 is 11.8. The SMILES string of the molecule is CCCNCC(=O)N(C)Cc1cc(Cl)cc(Cl)c1. The summed E-state index contributed by atoms with van der Waals surface area (Å²) in [6.45, 7) is 3.78. The molecule has 0 atom stereocenters. The van der Waals surface area contributed by atoms with Gasteiger partial charge in [0.05, 0.1) is 6.54 Å². The largest absolute Gasteiger partial charge is 0.340 e. The van der Waals surface area contributed by atoms with Gasteiger partial charge in [0.1, 0.15) is 0 Å². The lowest BCUT2D eigenvalue weighted by molar-refractivity contribution is -0.129. The van der Waals surface area contributed by atoms with E-state index < -0.39 is 0 Å². The fraction of sp³-hybridized carbons (Fsp3) is 0.462. The summed E-state index contributed by atoms with van der Waals surface area (Å²) in [7, 11) is 1.77. The summed E-state index contributed by atoms with van der Waals surface area (Å²) in [5.74, 6) is 0.0551. The van der Waals surface area contributed by atoms with Crippen LogP contribution in [0.2, 0.25) is 10.0 Å². The number of rotatable bonds is 6. The van der Waals surface area contributed by atoms with Crippen molar-refractivity contribution in [1.29, 1.82) is 0 Å². The van der Waals surface area contributed by atoms with Crippen molar-refractivity contribution in [2.24, 2.45) is 0 Å². The zero-order valence-corrected chi connectivity index (χ0v) is 12.2. The monoisotopic (exact) mass is 288 g/mol. The third-order valence-corrected chi connectivity index (χ3v) is 2.91. The molecule has 0 aromatic heterocycles. The quantitative estimate of drug-likeness (QED) is 0.817. The first-order chi connectivity index (χ1) is 8.52. The first-order valence-electron chi connectivity index (χ1n) is 5.92. The molecule has 0 spiro atoms. The van der Waals surface area contributed by atoms with Gasteiger partial charge in [-0.2, -0.15) is 0 Å². The van der Waals surface area contributed by atoms with Gasteiger partial charge < -0.3 is 10.2 Å². The molecule has 1 aromatic carbocycles. The van der Waals surface area contributed by atoms with Crippen molar-refractivity contribution >= 4 is 29.1 Å². The first-order valence-corrected chi connectivity index (χ1v) is 6.68. The van der Waals surface area contributed by atoms with Gasteiger partial charge in [0.25, 0.3) is 0 Å². The zero-order chi connectivity index (χ0) is 13.5. The van der Waals surface area contributed by atoms with Crippen molar-refractivity contribution in [2.75, 3.05) is 20.1 Å². The van der Waals surface area contributed by atoms with Crippen molar-refractivity contribution < 1.29 is 4.79 Å². The van der Waals surface area contributed by atoms with E-state index in [1.165, 1.54) is 0 Å².